The second-order valence-electron chi connectivity index (χ2n) is 3.76. The Morgan fingerprint density at radius 2 is 2.15 bits per heavy atom. The number of pyridine rings is 1. The third-order valence-corrected chi connectivity index (χ3v) is 3.27. The molecule has 5 nitrogen and oxygen atoms in total. The summed E-state index contributed by atoms with van der Waals surface area (Å²) in [6, 6.07) is 3.56. The van der Waals surface area contributed by atoms with Crippen molar-refractivity contribution in [1.29, 1.82) is 0 Å². The number of ether oxygens (including phenoxy) is 1. The second kappa shape index (κ2) is 6.15. The molecule has 0 spiro atoms. The van der Waals surface area contributed by atoms with Crippen LogP contribution in [-0.2, 0) is 5.88 Å². The number of rotatable bonds is 4. The molecule has 1 heterocycles. The molecule has 0 aliphatic carbocycles. The average molecular weight is 362 g/mol. The first-order valence-corrected chi connectivity index (χ1v) is 6.65. The lowest BCUT2D eigenvalue weighted by Gasteiger charge is -2.07. The molecule has 0 radical (unpaired) electrons. The van der Waals surface area contributed by atoms with Crippen LogP contribution >= 0.6 is 27.5 Å². The van der Waals surface area contributed by atoms with Crippen LogP contribution in [0, 0.1) is 15.9 Å². The Balaban J connectivity index is 2.41. The number of nitrogens with zero attached hydrogens (tertiary/aromatic N) is 2. The van der Waals surface area contributed by atoms with Crippen LogP contribution in [0.15, 0.2) is 35.1 Å². The Kier molecular flexibility index (Phi) is 4.51. The summed E-state index contributed by atoms with van der Waals surface area (Å²) in [4.78, 5) is 14.2. The molecule has 0 amide bonds. The fraction of sp³-hybridized carbons (Fsp3) is 0.0833. The molecule has 0 aliphatic rings. The van der Waals surface area contributed by atoms with Gasteiger partial charge >= 0.3 is 5.69 Å². The van der Waals surface area contributed by atoms with Crippen LogP contribution < -0.4 is 4.74 Å². The molecule has 0 atom stereocenters. The maximum atomic E-state index is 13.5. The number of alkyl halides is 1. The van der Waals surface area contributed by atoms with Crippen LogP contribution in [0.4, 0.5) is 10.1 Å². The molecule has 0 fully saturated rings. The highest BCUT2D eigenvalue weighted by Crippen LogP contribution is 2.35. The van der Waals surface area contributed by atoms with Gasteiger partial charge in [-0.1, -0.05) is 0 Å². The normalized spacial score (nSPS) is 10.3. The average Bonchev–Trinajstić information content (AvgIpc) is 2.42. The van der Waals surface area contributed by atoms with E-state index in [2.05, 4.69) is 20.9 Å². The number of hydrogen-bond acceptors (Lipinski definition) is 4. The quantitative estimate of drug-likeness (QED) is 0.459. The van der Waals surface area contributed by atoms with Crippen LogP contribution in [0.3, 0.4) is 0 Å². The summed E-state index contributed by atoms with van der Waals surface area (Å²) in [5.74, 6) is -0.398. The lowest BCUT2D eigenvalue weighted by molar-refractivity contribution is -0.385. The molecule has 0 bridgehead atoms. The van der Waals surface area contributed by atoms with E-state index in [4.69, 9.17) is 16.3 Å². The highest BCUT2D eigenvalue weighted by molar-refractivity contribution is 9.10. The van der Waals surface area contributed by atoms with Gasteiger partial charge in [-0.15, -0.1) is 11.6 Å². The van der Waals surface area contributed by atoms with E-state index in [0.29, 0.717) is 5.56 Å². The summed E-state index contributed by atoms with van der Waals surface area (Å²) in [6.45, 7) is 0. The Bertz CT molecular complexity index is 669. The van der Waals surface area contributed by atoms with Gasteiger partial charge in [-0.2, -0.15) is 0 Å². The molecule has 104 valence electrons. The molecule has 0 N–H and O–H groups in total. The second-order valence-corrected chi connectivity index (χ2v) is 4.88. The van der Waals surface area contributed by atoms with E-state index in [-0.39, 0.29) is 27.5 Å². The summed E-state index contributed by atoms with van der Waals surface area (Å²) < 4.78 is 18.8. The molecule has 2 aromatic rings. The summed E-state index contributed by atoms with van der Waals surface area (Å²) >= 11 is 8.55. The van der Waals surface area contributed by atoms with Gasteiger partial charge in [0.2, 0.25) is 5.75 Å². The van der Waals surface area contributed by atoms with Gasteiger partial charge in [-0.05, 0) is 27.6 Å². The lowest BCUT2D eigenvalue weighted by atomic mass is 10.3. The Morgan fingerprint density at radius 3 is 2.80 bits per heavy atom. The van der Waals surface area contributed by atoms with Gasteiger partial charge < -0.3 is 4.74 Å². The van der Waals surface area contributed by atoms with E-state index in [9.17, 15) is 14.5 Å². The molecular weight excluding hydrogens is 354 g/mol. The molecule has 1 aromatic heterocycles. The predicted molar refractivity (Wildman–Crippen MR) is 74.6 cm³/mol. The first-order valence-electron chi connectivity index (χ1n) is 5.32. The van der Waals surface area contributed by atoms with Crippen LogP contribution in [0.2, 0.25) is 0 Å². The van der Waals surface area contributed by atoms with Crippen LogP contribution in [0.25, 0.3) is 0 Å². The first-order chi connectivity index (χ1) is 9.51. The summed E-state index contributed by atoms with van der Waals surface area (Å²) in [5, 5.41) is 10.9. The molecular formula is C12H7BrClFN2O3. The Labute approximate surface area is 126 Å². The monoisotopic (exact) mass is 360 g/mol. The van der Waals surface area contributed by atoms with Gasteiger partial charge in [0.05, 0.1) is 15.6 Å². The lowest BCUT2D eigenvalue weighted by Crippen LogP contribution is -1.96. The van der Waals surface area contributed by atoms with E-state index in [1.165, 1.54) is 12.4 Å². The van der Waals surface area contributed by atoms with Crippen LogP contribution in [0.5, 0.6) is 11.5 Å². The minimum absolute atomic E-state index is 0.0100. The molecule has 0 saturated carbocycles. The van der Waals surface area contributed by atoms with Crippen molar-refractivity contribution in [3.63, 3.8) is 0 Å². The highest BCUT2D eigenvalue weighted by Gasteiger charge is 2.19. The Morgan fingerprint density at radius 1 is 1.40 bits per heavy atom. The van der Waals surface area contributed by atoms with Crippen molar-refractivity contribution in [2.45, 2.75) is 5.88 Å². The maximum absolute atomic E-state index is 13.5. The molecule has 0 saturated heterocycles. The molecule has 1 aromatic carbocycles. The smallest absolute Gasteiger partial charge is 0.312 e. The first kappa shape index (κ1) is 14.7. The number of benzene rings is 1. The van der Waals surface area contributed by atoms with E-state index in [0.717, 1.165) is 12.1 Å². The van der Waals surface area contributed by atoms with Gasteiger partial charge in [-0.25, -0.2) is 4.39 Å². The number of hydrogen-bond donors (Lipinski definition) is 0. The minimum atomic E-state index is -0.660. The number of nitro groups is 1. The fourth-order valence-electron chi connectivity index (χ4n) is 1.46. The van der Waals surface area contributed by atoms with Crippen molar-refractivity contribution in [1.82, 2.24) is 4.98 Å². The largest absolute Gasteiger partial charge is 0.448 e. The maximum Gasteiger partial charge on any atom is 0.312 e. The Hall–Kier alpha value is -1.73. The van der Waals surface area contributed by atoms with Gasteiger partial charge in [0.15, 0.2) is 0 Å². The number of halogens is 3. The highest BCUT2D eigenvalue weighted by atomic mass is 79.9. The van der Waals surface area contributed by atoms with Gasteiger partial charge in [-0.3, -0.25) is 15.1 Å². The zero-order chi connectivity index (χ0) is 14.7. The standard InChI is InChI=1S/C12H7BrClFN2O3/c13-9-2-11(17(18)19)12(3-10(9)15)20-8-1-7(4-14)5-16-6-8/h1-3,5-6H,4H2. The molecule has 2 rings (SSSR count). The third kappa shape index (κ3) is 3.23. The molecule has 8 heteroatoms. The predicted octanol–water partition coefficient (Wildman–Crippen LogP) is 4.42. The fourth-order valence-corrected chi connectivity index (χ4v) is 1.94. The topological polar surface area (TPSA) is 65.3 Å². The third-order valence-electron chi connectivity index (χ3n) is 2.35. The van der Waals surface area contributed by atoms with Crippen LogP contribution in [-0.4, -0.2) is 9.91 Å². The summed E-state index contributed by atoms with van der Waals surface area (Å²) in [5.41, 5.74) is 0.332. The van der Waals surface area contributed by atoms with Crippen molar-refractivity contribution in [3.05, 3.63) is 56.6 Å². The van der Waals surface area contributed by atoms with Crippen LogP contribution in [0.1, 0.15) is 5.56 Å². The van der Waals surface area contributed by atoms with E-state index in [1.54, 1.807) is 6.07 Å². The van der Waals surface area contributed by atoms with Crippen molar-refractivity contribution in [2.24, 2.45) is 0 Å². The molecule has 0 aliphatic heterocycles. The van der Waals surface area contributed by atoms with Gasteiger partial charge in [0.25, 0.3) is 0 Å². The molecule has 20 heavy (non-hydrogen) atoms. The van der Waals surface area contributed by atoms with Crippen molar-refractivity contribution in [3.8, 4) is 11.5 Å². The zero-order valence-corrected chi connectivity index (χ0v) is 12.2. The van der Waals surface area contributed by atoms with Crippen molar-refractivity contribution >= 4 is 33.2 Å². The van der Waals surface area contributed by atoms with E-state index >= 15 is 0 Å². The summed E-state index contributed by atoms with van der Waals surface area (Å²) in [6.07, 6.45) is 2.90. The van der Waals surface area contributed by atoms with Crippen molar-refractivity contribution in [2.75, 3.05) is 0 Å². The number of aromatic nitrogens is 1. The molecule has 0 unspecified atom stereocenters. The van der Waals surface area contributed by atoms with Gasteiger partial charge in [0.1, 0.15) is 11.6 Å². The summed E-state index contributed by atoms with van der Waals surface area (Å²) in [7, 11) is 0. The zero-order valence-electron chi connectivity index (χ0n) is 9.85. The minimum Gasteiger partial charge on any atom is -0.448 e. The SMILES string of the molecule is O=[N+]([O-])c1cc(Br)c(F)cc1Oc1cncc(CCl)c1. The number of nitro benzene ring substituents is 1. The van der Waals surface area contributed by atoms with E-state index in [1.807, 2.05) is 0 Å². The van der Waals surface area contributed by atoms with Crippen molar-refractivity contribution < 1.29 is 14.1 Å². The van der Waals surface area contributed by atoms with Gasteiger partial charge in [0, 0.05) is 24.2 Å². The van der Waals surface area contributed by atoms with E-state index < -0.39 is 10.7 Å².